The predicted octanol–water partition coefficient (Wildman–Crippen LogP) is 2.06. The molecule has 0 aromatic carbocycles. The molecule has 0 amide bonds. The topological polar surface area (TPSA) is 26.0 Å². The van der Waals surface area contributed by atoms with Crippen molar-refractivity contribution >= 4 is 0 Å². The highest BCUT2D eigenvalue weighted by Crippen LogP contribution is 2.40. The third-order valence-electron chi connectivity index (χ3n) is 3.27. The second-order valence-corrected chi connectivity index (χ2v) is 4.22. The van der Waals surface area contributed by atoms with Crippen LogP contribution in [0.3, 0.4) is 0 Å². The summed E-state index contributed by atoms with van der Waals surface area (Å²) in [6.45, 7) is 0. The van der Waals surface area contributed by atoms with Gasteiger partial charge in [-0.3, -0.25) is 0 Å². The highest BCUT2D eigenvalue weighted by atomic mass is 14.8. The summed E-state index contributed by atoms with van der Waals surface area (Å²) in [5.41, 5.74) is 6.41. The molecule has 0 aromatic heterocycles. The maximum Gasteiger partial charge on any atom is 0.0157 e. The van der Waals surface area contributed by atoms with E-state index in [1.54, 1.807) is 0 Å². The highest BCUT2D eigenvalue weighted by Gasteiger charge is 2.36. The lowest BCUT2D eigenvalue weighted by atomic mass is 9.68. The Morgan fingerprint density at radius 3 is 2.20 bits per heavy atom. The van der Waals surface area contributed by atoms with Gasteiger partial charge in [0, 0.05) is 5.54 Å². The van der Waals surface area contributed by atoms with Gasteiger partial charge in [0.15, 0.2) is 0 Å². The standard InChI is InChI=1S/C9H17N/c10-9(5-2-6-9)7-8-3-1-4-8/h8H,1-7,10H2. The van der Waals surface area contributed by atoms with Gasteiger partial charge in [-0.25, -0.2) is 0 Å². The van der Waals surface area contributed by atoms with E-state index in [0.717, 1.165) is 5.92 Å². The summed E-state index contributed by atoms with van der Waals surface area (Å²) in [4.78, 5) is 0. The van der Waals surface area contributed by atoms with E-state index < -0.39 is 0 Å². The molecule has 0 radical (unpaired) electrons. The molecule has 2 N–H and O–H groups in total. The zero-order chi connectivity index (χ0) is 7.03. The fourth-order valence-electron chi connectivity index (χ4n) is 2.11. The van der Waals surface area contributed by atoms with Crippen molar-refractivity contribution in [3.8, 4) is 0 Å². The van der Waals surface area contributed by atoms with Crippen molar-refractivity contribution in [1.82, 2.24) is 0 Å². The molecule has 0 unspecified atom stereocenters. The van der Waals surface area contributed by atoms with E-state index in [9.17, 15) is 0 Å². The molecule has 0 bridgehead atoms. The molecule has 0 aromatic rings. The molecule has 0 spiro atoms. The average Bonchev–Trinajstić information content (AvgIpc) is 1.74. The van der Waals surface area contributed by atoms with Crippen LogP contribution >= 0.6 is 0 Å². The van der Waals surface area contributed by atoms with Crippen molar-refractivity contribution in [3.05, 3.63) is 0 Å². The number of hydrogen-bond donors (Lipinski definition) is 1. The van der Waals surface area contributed by atoms with Crippen molar-refractivity contribution < 1.29 is 0 Å². The van der Waals surface area contributed by atoms with Crippen LogP contribution in [-0.4, -0.2) is 5.54 Å². The first-order chi connectivity index (χ1) is 4.79. The second-order valence-electron chi connectivity index (χ2n) is 4.22. The molecule has 1 nitrogen and oxygen atoms in total. The summed E-state index contributed by atoms with van der Waals surface area (Å²) in [6.07, 6.45) is 9.67. The molecule has 2 fully saturated rings. The molecule has 0 atom stereocenters. The lowest BCUT2D eigenvalue weighted by Crippen LogP contribution is -2.48. The Kier molecular flexibility index (Phi) is 1.48. The van der Waals surface area contributed by atoms with E-state index in [4.69, 9.17) is 5.73 Å². The summed E-state index contributed by atoms with van der Waals surface area (Å²) in [5, 5.41) is 0. The summed E-state index contributed by atoms with van der Waals surface area (Å²) in [7, 11) is 0. The van der Waals surface area contributed by atoms with E-state index in [2.05, 4.69) is 0 Å². The van der Waals surface area contributed by atoms with Gasteiger partial charge in [-0.1, -0.05) is 19.3 Å². The zero-order valence-corrected chi connectivity index (χ0v) is 6.60. The Hall–Kier alpha value is -0.0400. The van der Waals surface area contributed by atoms with Crippen LogP contribution in [0.25, 0.3) is 0 Å². The van der Waals surface area contributed by atoms with Crippen molar-refractivity contribution in [2.45, 2.75) is 50.5 Å². The maximum absolute atomic E-state index is 6.11. The Labute approximate surface area is 63.0 Å². The van der Waals surface area contributed by atoms with Crippen LogP contribution in [0.1, 0.15) is 44.9 Å². The van der Waals surface area contributed by atoms with Gasteiger partial charge in [0.1, 0.15) is 0 Å². The molecule has 1 heteroatoms. The van der Waals surface area contributed by atoms with Gasteiger partial charge in [0.05, 0.1) is 0 Å². The summed E-state index contributed by atoms with van der Waals surface area (Å²) < 4.78 is 0. The van der Waals surface area contributed by atoms with E-state index in [1.165, 1.54) is 44.9 Å². The molecule has 0 aliphatic heterocycles. The minimum Gasteiger partial charge on any atom is -0.325 e. The Morgan fingerprint density at radius 2 is 1.90 bits per heavy atom. The van der Waals surface area contributed by atoms with E-state index in [0.29, 0.717) is 5.54 Å². The van der Waals surface area contributed by atoms with Gasteiger partial charge in [-0.05, 0) is 31.6 Å². The zero-order valence-electron chi connectivity index (χ0n) is 6.60. The molecule has 0 heterocycles. The molecule has 2 rings (SSSR count). The Balaban J connectivity index is 1.77. The average molecular weight is 139 g/mol. The van der Waals surface area contributed by atoms with Gasteiger partial charge < -0.3 is 5.73 Å². The first-order valence-corrected chi connectivity index (χ1v) is 4.57. The van der Waals surface area contributed by atoms with Crippen molar-refractivity contribution in [3.63, 3.8) is 0 Å². The molecule has 58 valence electrons. The smallest absolute Gasteiger partial charge is 0.0157 e. The third-order valence-corrected chi connectivity index (χ3v) is 3.27. The predicted molar refractivity (Wildman–Crippen MR) is 42.7 cm³/mol. The number of nitrogens with two attached hydrogens (primary N) is 1. The lowest BCUT2D eigenvalue weighted by Gasteiger charge is -2.43. The fraction of sp³-hybridized carbons (Fsp3) is 1.00. The minimum atomic E-state index is 0.297. The molecule has 0 saturated heterocycles. The Morgan fingerprint density at radius 1 is 1.20 bits per heavy atom. The van der Waals surface area contributed by atoms with Crippen LogP contribution in [-0.2, 0) is 0 Å². The van der Waals surface area contributed by atoms with E-state index in [1.807, 2.05) is 0 Å². The molecule has 2 aliphatic rings. The van der Waals surface area contributed by atoms with E-state index >= 15 is 0 Å². The van der Waals surface area contributed by atoms with Crippen LogP contribution in [0.2, 0.25) is 0 Å². The largest absolute Gasteiger partial charge is 0.325 e. The summed E-state index contributed by atoms with van der Waals surface area (Å²) in [6, 6.07) is 0. The first-order valence-electron chi connectivity index (χ1n) is 4.57. The van der Waals surface area contributed by atoms with Crippen molar-refractivity contribution in [1.29, 1.82) is 0 Å². The number of hydrogen-bond acceptors (Lipinski definition) is 1. The van der Waals surface area contributed by atoms with Crippen molar-refractivity contribution in [2.75, 3.05) is 0 Å². The second kappa shape index (κ2) is 2.23. The maximum atomic E-state index is 6.11. The first kappa shape index (κ1) is 6.66. The Bertz CT molecular complexity index is 123. The van der Waals surface area contributed by atoms with Gasteiger partial charge >= 0.3 is 0 Å². The normalized spacial score (nSPS) is 30.9. The van der Waals surface area contributed by atoms with Gasteiger partial charge in [-0.15, -0.1) is 0 Å². The van der Waals surface area contributed by atoms with Crippen LogP contribution in [0.15, 0.2) is 0 Å². The quantitative estimate of drug-likeness (QED) is 0.622. The van der Waals surface area contributed by atoms with Gasteiger partial charge in [-0.2, -0.15) is 0 Å². The van der Waals surface area contributed by atoms with Crippen molar-refractivity contribution in [2.24, 2.45) is 11.7 Å². The van der Waals surface area contributed by atoms with Gasteiger partial charge in [0.25, 0.3) is 0 Å². The summed E-state index contributed by atoms with van der Waals surface area (Å²) >= 11 is 0. The lowest BCUT2D eigenvalue weighted by molar-refractivity contribution is 0.154. The molecular formula is C9H17N. The van der Waals surface area contributed by atoms with Crippen LogP contribution in [0, 0.1) is 5.92 Å². The highest BCUT2D eigenvalue weighted by molar-refractivity contribution is 4.95. The number of rotatable bonds is 2. The SMILES string of the molecule is NC1(CC2CCC2)CCC1. The molecule has 2 saturated carbocycles. The van der Waals surface area contributed by atoms with E-state index in [-0.39, 0.29) is 0 Å². The van der Waals surface area contributed by atoms with Gasteiger partial charge in [0.2, 0.25) is 0 Å². The third kappa shape index (κ3) is 1.07. The van der Waals surface area contributed by atoms with Crippen LogP contribution < -0.4 is 5.73 Å². The molecule has 10 heavy (non-hydrogen) atoms. The fourth-order valence-corrected chi connectivity index (χ4v) is 2.11. The molecule has 2 aliphatic carbocycles. The minimum absolute atomic E-state index is 0.297. The monoisotopic (exact) mass is 139 g/mol. The summed E-state index contributed by atoms with van der Waals surface area (Å²) in [5.74, 6) is 1.00. The van der Waals surface area contributed by atoms with Crippen LogP contribution in [0.5, 0.6) is 0 Å². The molecular weight excluding hydrogens is 122 g/mol. The van der Waals surface area contributed by atoms with Crippen LogP contribution in [0.4, 0.5) is 0 Å².